The highest BCUT2D eigenvalue weighted by atomic mass is 35.5. The van der Waals surface area contributed by atoms with E-state index in [0.29, 0.717) is 27.7 Å². The minimum absolute atomic E-state index is 0.211. The standard InChI is InChI=1S/C18H17ClN4O2/c1-11-17(21-22-23(11)16-9-4-3-8-15(16)19)18(25)20-14-7-5-6-13(10-14)12(2)24/h3-10,12,24H,1-2H3,(H,20,25)/t12-/m1/s1. The summed E-state index contributed by atoms with van der Waals surface area (Å²) in [5, 5.41) is 21.0. The van der Waals surface area contributed by atoms with Crippen molar-refractivity contribution in [3.05, 3.63) is 70.5 Å². The average Bonchev–Trinajstić information content (AvgIpc) is 2.97. The molecule has 0 spiro atoms. The van der Waals surface area contributed by atoms with Crippen LogP contribution in [0.1, 0.15) is 34.8 Å². The molecule has 3 aromatic rings. The van der Waals surface area contributed by atoms with Crippen LogP contribution < -0.4 is 5.32 Å². The van der Waals surface area contributed by atoms with Crippen molar-refractivity contribution in [3.63, 3.8) is 0 Å². The number of para-hydroxylation sites is 1. The smallest absolute Gasteiger partial charge is 0.278 e. The number of carbonyl (C=O) groups excluding carboxylic acids is 1. The maximum Gasteiger partial charge on any atom is 0.278 e. The first kappa shape index (κ1) is 17.1. The van der Waals surface area contributed by atoms with E-state index in [1.165, 1.54) is 4.68 Å². The molecule has 1 atom stereocenters. The first-order chi connectivity index (χ1) is 12.0. The van der Waals surface area contributed by atoms with E-state index >= 15 is 0 Å². The van der Waals surface area contributed by atoms with Crippen LogP contribution in [-0.4, -0.2) is 26.0 Å². The van der Waals surface area contributed by atoms with E-state index in [1.54, 1.807) is 50.2 Å². The number of hydrogen-bond acceptors (Lipinski definition) is 4. The summed E-state index contributed by atoms with van der Waals surface area (Å²) in [6.07, 6.45) is -0.611. The Morgan fingerprint density at radius 3 is 2.72 bits per heavy atom. The molecule has 0 saturated heterocycles. The van der Waals surface area contributed by atoms with E-state index in [2.05, 4.69) is 15.6 Å². The quantitative estimate of drug-likeness (QED) is 0.749. The molecule has 7 heteroatoms. The molecule has 0 fully saturated rings. The maximum absolute atomic E-state index is 12.5. The van der Waals surface area contributed by atoms with E-state index in [9.17, 15) is 9.90 Å². The van der Waals surface area contributed by atoms with Crippen LogP contribution >= 0.6 is 11.6 Å². The molecule has 3 rings (SSSR count). The normalized spacial score (nSPS) is 12.0. The Bertz CT molecular complexity index is 921. The van der Waals surface area contributed by atoms with Crippen LogP contribution in [-0.2, 0) is 0 Å². The van der Waals surface area contributed by atoms with Crippen molar-refractivity contribution in [2.45, 2.75) is 20.0 Å². The van der Waals surface area contributed by atoms with Crippen LogP contribution in [0.25, 0.3) is 5.69 Å². The Morgan fingerprint density at radius 2 is 2.00 bits per heavy atom. The summed E-state index contributed by atoms with van der Waals surface area (Å²) in [5.74, 6) is -0.376. The van der Waals surface area contributed by atoms with Crippen molar-refractivity contribution < 1.29 is 9.90 Å². The lowest BCUT2D eigenvalue weighted by Gasteiger charge is -2.09. The Labute approximate surface area is 150 Å². The lowest BCUT2D eigenvalue weighted by Crippen LogP contribution is -2.14. The second-order valence-corrected chi connectivity index (χ2v) is 6.05. The number of aliphatic hydroxyl groups excluding tert-OH is 1. The van der Waals surface area contributed by atoms with Gasteiger partial charge in [-0.1, -0.05) is 41.1 Å². The predicted octanol–water partition coefficient (Wildman–Crippen LogP) is 3.53. The van der Waals surface area contributed by atoms with Gasteiger partial charge in [-0.25, -0.2) is 4.68 Å². The van der Waals surface area contributed by atoms with E-state index in [1.807, 2.05) is 12.1 Å². The van der Waals surface area contributed by atoms with Crippen molar-refractivity contribution >= 4 is 23.2 Å². The molecule has 0 aliphatic carbocycles. The molecule has 0 bridgehead atoms. The molecule has 0 saturated carbocycles. The van der Waals surface area contributed by atoms with Gasteiger partial charge in [0.05, 0.1) is 22.5 Å². The van der Waals surface area contributed by atoms with Gasteiger partial charge in [0.25, 0.3) is 5.91 Å². The number of carbonyl (C=O) groups is 1. The number of halogens is 1. The molecule has 1 aromatic heterocycles. The van der Waals surface area contributed by atoms with Gasteiger partial charge in [-0.05, 0) is 43.7 Å². The van der Waals surface area contributed by atoms with E-state index in [4.69, 9.17) is 11.6 Å². The molecule has 0 radical (unpaired) electrons. The van der Waals surface area contributed by atoms with Gasteiger partial charge in [-0.15, -0.1) is 5.10 Å². The lowest BCUT2D eigenvalue weighted by atomic mass is 10.1. The van der Waals surface area contributed by atoms with Crippen LogP contribution in [0.3, 0.4) is 0 Å². The van der Waals surface area contributed by atoms with Crippen LogP contribution in [0.15, 0.2) is 48.5 Å². The van der Waals surface area contributed by atoms with Gasteiger partial charge in [0.1, 0.15) is 0 Å². The largest absolute Gasteiger partial charge is 0.389 e. The molecule has 2 N–H and O–H groups in total. The van der Waals surface area contributed by atoms with Gasteiger partial charge in [-0.3, -0.25) is 4.79 Å². The molecule has 0 aliphatic heterocycles. The molecular weight excluding hydrogens is 340 g/mol. The zero-order valence-electron chi connectivity index (χ0n) is 13.8. The maximum atomic E-state index is 12.5. The second kappa shape index (κ2) is 7.04. The Balaban J connectivity index is 1.87. The fourth-order valence-electron chi connectivity index (χ4n) is 2.46. The summed E-state index contributed by atoms with van der Waals surface area (Å²) in [6, 6.07) is 14.2. The van der Waals surface area contributed by atoms with Gasteiger partial charge < -0.3 is 10.4 Å². The molecule has 128 valence electrons. The van der Waals surface area contributed by atoms with Gasteiger partial charge in [0.15, 0.2) is 5.69 Å². The van der Waals surface area contributed by atoms with Crippen molar-refractivity contribution in [2.75, 3.05) is 5.32 Å². The number of amides is 1. The predicted molar refractivity (Wildman–Crippen MR) is 96.1 cm³/mol. The summed E-state index contributed by atoms with van der Waals surface area (Å²) >= 11 is 6.18. The molecule has 0 aliphatic rings. The van der Waals surface area contributed by atoms with Crippen LogP contribution in [0, 0.1) is 6.92 Å². The SMILES string of the molecule is Cc1c(C(=O)Nc2cccc([C@@H](C)O)c2)nnn1-c1ccccc1Cl. The number of anilines is 1. The highest BCUT2D eigenvalue weighted by molar-refractivity contribution is 6.32. The van der Waals surface area contributed by atoms with Gasteiger partial charge in [0.2, 0.25) is 0 Å². The molecule has 2 aromatic carbocycles. The van der Waals surface area contributed by atoms with E-state index < -0.39 is 6.10 Å². The zero-order valence-corrected chi connectivity index (χ0v) is 14.5. The zero-order chi connectivity index (χ0) is 18.0. The minimum Gasteiger partial charge on any atom is -0.389 e. The lowest BCUT2D eigenvalue weighted by molar-refractivity contribution is 0.102. The summed E-state index contributed by atoms with van der Waals surface area (Å²) in [6.45, 7) is 3.42. The van der Waals surface area contributed by atoms with E-state index in [0.717, 1.165) is 0 Å². The van der Waals surface area contributed by atoms with Crippen LogP contribution in [0.4, 0.5) is 5.69 Å². The Hall–Kier alpha value is -2.70. The molecule has 6 nitrogen and oxygen atoms in total. The topological polar surface area (TPSA) is 80.0 Å². The molecule has 1 amide bonds. The van der Waals surface area contributed by atoms with Crippen molar-refractivity contribution in [1.82, 2.24) is 15.0 Å². The first-order valence-electron chi connectivity index (χ1n) is 7.74. The molecular formula is C18H17ClN4O2. The fraction of sp³-hybridized carbons (Fsp3) is 0.167. The minimum atomic E-state index is -0.611. The third kappa shape index (κ3) is 3.55. The third-order valence-electron chi connectivity index (χ3n) is 3.82. The van der Waals surface area contributed by atoms with Crippen molar-refractivity contribution in [3.8, 4) is 5.69 Å². The average molecular weight is 357 g/mol. The second-order valence-electron chi connectivity index (χ2n) is 5.64. The van der Waals surface area contributed by atoms with Crippen LogP contribution in [0.2, 0.25) is 5.02 Å². The Morgan fingerprint density at radius 1 is 1.24 bits per heavy atom. The number of rotatable bonds is 4. The summed E-state index contributed by atoms with van der Waals surface area (Å²) in [7, 11) is 0. The molecule has 1 heterocycles. The van der Waals surface area contributed by atoms with Crippen molar-refractivity contribution in [2.24, 2.45) is 0 Å². The number of benzene rings is 2. The third-order valence-corrected chi connectivity index (χ3v) is 4.14. The summed E-state index contributed by atoms with van der Waals surface area (Å²) in [5.41, 5.74) is 2.74. The first-order valence-corrected chi connectivity index (χ1v) is 8.11. The van der Waals surface area contributed by atoms with E-state index in [-0.39, 0.29) is 11.6 Å². The highest BCUT2D eigenvalue weighted by Gasteiger charge is 2.18. The summed E-state index contributed by atoms with van der Waals surface area (Å²) in [4.78, 5) is 12.5. The number of aliphatic hydroxyl groups is 1. The number of nitrogens with zero attached hydrogens (tertiary/aromatic N) is 3. The van der Waals surface area contributed by atoms with Crippen molar-refractivity contribution in [1.29, 1.82) is 0 Å². The van der Waals surface area contributed by atoms with Gasteiger partial charge >= 0.3 is 0 Å². The van der Waals surface area contributed by atoms with Crippen LogP contribution in [0.5, 0.6) is 0 Å². The molecule has 25 heavy (non-hydrogen) atoms. The highest BCUT2D eigenvalue weighted by Crippen LogP contribution is 2.22. The Kier molecular flexibility index (Phi) is 4.83. The fourth-order valence-corrected chi connectivity index (χ4v) is 2.67. The monoisotopic (exact) mass is 356 g/mol. The number of nitrogens with one attached hydrogen (secondary N) is 1. The molecule has 0 unspecified atom stereocenters. The van der Waals surface area contributed by atoms with Gasteiger partial charge in [0, 0.05) is 5.69 Å². The van der Waals surface area contributed by atoms with Gasteiger partial charge in [-0.2, -0.15) is 0 Å². The number of aromatic nitrogens is 3. The number of hydrogen-bond donors (Lipinski definition) is 2. The summed E-state index contributed by atoms with van der Waals surface area (Å²) < 4.78 is 1.53.